The van der Waals surface area contributed by atoms with Crippen molar-refractivity contribution in [1.82, 2.24) is 5.32 Å². The summed E-state index contributed by atoms with van der Waals surface area (Å²) in [7, 11) is 0. The molecule has 98 valence electrons. The van der Waals surface area contributed by atoms with Crippen LogP contribution in [-0.4, -0.2) is 12.1 Å². The first-order chi connectivity index (χ1) is 8.72. The van der Waals surface area contributed by atoms with Crippen molar-refractivity contribution >= 4 is 11.6 Å². The summed E-state index contributed by atoms with van der Waals surface area (Å²) in [6.07, 6.45) is 6.05. The van der Waals surface area contributed by atoms with E-state index in [1.807, 2.05) is 18.2 Å². The second-order valence-corrected chi connectivity index (χ2v) is 5.93. The Morgan fingerprint density at radius 3 is 2.89 bits per heavy atom. The van der Waals surface area contributed by atoms with Crippen LogP contribution < -0.4 is 10.1 Å². The lowest BCUT2D eigenvalue weighted by molar-refractivity contribution is 0.0371. The Bertz CT molecular complexity index is 440. The van der Waals surface area contributed by atoms with Gasteiger partial charge in [-0.3, -0.25) is 0 Å². The van der Waals surface area contributed by atoms with Crippen LogP contribution in [0, 0.1) is 0 Å². The zero-order chi connectivity index (χ0) is 12.6. The predicted octanol–water partition coefficient (Wildman–Crippen LogP) is 4.09. The lowest BCUT2D eigenvalue weighted by Gasteiger charge is -2.40. The third-order valence-electron chi connectivity index (χ3n) is 4.22. The number of fused-ring (bicyclic) bond motifs is 1. The van der Waals surface area contributed by atoms with Gasteiger partial charge in [-0.25, -0.2) is 0 Å². The highest BCUT2D eigenvalue weighted by Crippen LogP contribution is 2.47. The van der Waals surface area contributed by atoms with Crippen molar-refractivity contribution in [2.24, 2.45) is 0 Å². The molecule has 0 bridgehead atoms. The van der Waals surface area contributed by atoms with Crippen LogP contribution in [0.3, 0.4) is 0 Å². The average Bonchev–Trinajstić information content (AvgIpc) is 2.79. The lowest BCUT2D eigenvalue weighted by Crippen LogP contribution is -2.42. The number of rotatable bonds is 2. The minimum Gasteiger partial charge on any atom is -0.487 e. The van der Waals surface area contributed by atoms with E-state index in [4.69, 9.17) is 16.3 Å². The Morgan fingerprint density at radius 2 is 2.17 bits per heavy atom. The van der Waals surface area contributed by atoms with Crippen molar-refractivity contribution < 1.29 is 4.74 Å². The fourth-order valence-corrected chi connectivity index (χ4v) is 3.58. The van der Waals surface area contributed by atoms with Crippen LogP contribution in [0.25, 0.3) is 0 Å². The average molecular weight is 266 g/mol. The van der Waals surface area contributed by atoms with Gasteiger partial charge in [0.1, 0.15) is 11.4 Å². The van der Waals surface area contributed by atoms with Gasteiger partial charge >= 0.3 is 0 Å². The number of halogens is 1. The second-order valence-electron chi connectivity index (χ2n) is 5.49. The van der Waals surface area contributed by atoms with Crippen LogP contribution in [0.1, 0.15) is 50.6 Å². The smallest absolute Gasteiger partial charge is 0.125 e. The third kappa shape index (κ3) is 2.12. The number of hydrogen-bond acceptors (Lipinski definition) is 2. The fourth-order valence-electron chi connectivity index (χ4n) is 3.40. The molecule has 2 aliphatic rings. The molecule has 1 aliphatic heterocycles. The first kappa shape index (κ1) is 12.3. The summed E-state index contributed by atoms with van der Waals surface area (Å²) in [5, 5.41) is 4.37. The summed E-state index contributed by atoms with van der Waals surface area (Å²) < 4.78 is 6.31. The van der Waals surface area contributed by atoms with Crippen molar-refractivity contribution in [2.45, 2.75) is 50.7 Å². The third-order valence-corrected chi connectivity index (χ3v) is 4.45. The van der Waals surface area contributed by atoms with Gasteiger partial charge in [-0.15, -0.1) is 0 Å². The largest absolute Gasteiger partial charge is 0.487 e. The van der Waals surface area contributed by atoms with Crippen LogP contribution in [0.4, 0.5) is 0 Å². The molecule has 0 aromatic heterocycles. The minimum absolute atomic E-state index is 0.0770. The molecule has 0 saturated heterocycles. The van der Waals surface area contributed by atoms with E-state index >= 15 is 0 Å². The standard InChI is InChI=1S/C15H20ClNO/c1-2-17-13-10-15(7-3-4-8-15)18-14-6-5-11(16)9-12(13)14/h5-6,9,13,17H,2-4,7-8,10H2,1H3. The molecule has 3 rings (SSSR count). The highest BCUT2D eigenvalue weighted by atomic mass is 35.5. The number of ether oxygens (including phenoxy) is 1. The molecule has 1 N–H and O–H groups in total. The van der Waals surface area contributed by atoms with Crippen LogP contribution in [0.2, 0.25) is 5.02 Å². The molecule has 1 aromatic rings. The number of nitrogens with one attached hydrogen (secondary N) is 1. The lowest BCUT2D eigenvalue weighted by atomic mass is 9.86. The number of hydrogen-bond donors (Lipinski definition) is 1. The van der Waals surface area contributed by atoms with E-state index in [-0.39, 0.29) is 5.60 Å². The molecule has 1 atom stereocenters. The molecule has 2 nitrogen and oxygen atoms in total. The van der Waals surface area contributed by atoms with Gasteiger partial charge in [0, 0.05) is 23.0 Å². The van der Waals surface area contributed by atoms with Gasteiger partial charge < -0.3 is 10.1 Å². The van der Waals surface area contributed by atoms with Crippen LogP contribution in [0.5, 0.6) is 5.75 Å². The molecule has 1 saturated carbocycles. The summed E-state index contributed by atoms with van der Waals surface area (Å²) >= 11 is 6.11. The van der Waals surface area contributed by atoms with Crippen molar-refractivity contribution in [1.29, 1.82) is 0 Å². The normalized spacial score (nSPS) is 24.9. The Hall–Kier alpha value is -0.730. The Labute approximate surface area is 114 Å². The molecule has 0 radical (unpaired) electrons. The van der Waals surface area contributed by atoms with Gasteiger partial charge in [-0.1, -0.05) is 18.5 Å². The molecular formula is C15H20ClNO. The van der Waals surface area contributed by atoms with Crippen molar-refractivity contribution in [3.05, 3.63) is 28.8 Å². The number of benzene rings is 1. The maximum Gasteiger partial charge on any atom is 0.125 e. The monoisotopic (exact) mass is 265 g/mol. The van der Waals surface area contributed by atoms with Gasteiger partial charge in [0.25, 0.3) is 0 Å². The quantitative estimate of drug-likeness (QED) is 0.870. The molecule has 1 aromatic carbocycles. The van der Waals surface area contributed by atoms with Crippen molar-refractivity contribution in [3.63, 3.8) is 0 Å². The first-order valence-electron chi connectivity index (χ1n) is 6.94. The van der Waals surface area contributed by atoms with Gasteiger partial charge in [0.2, 0.25) is 0 Å². The van der Waals surface area contributed by atoms with Crippen molar-refractivity contribution in [3.8, 4) is 5.75 Å². The fraction of sp³-hybridized carbons (Fsp3) is 0.600. The van der Waals surface area contributed by atoms with Gasteiger partial charge in [0.15, 0.2) is 0 Å². The van der Waals surface area contributed by atoms with Crippen LogP contribution in [0.15, 0.2) is 18.2 Å². The Morgan fingerprint density at radius 1 is 1.39 bits per heavy atom. The zero-order valence-corrected chi connectivity index (χ0v) is 11.6. The van der Waals surface area contributed by atoms with Gasteiger partial charge in [0.05, 0.1) is 0 Å². The molecule has 3 heteroatoms. The molecular weight excluding hydrogens is 246 g/mol. The van der Waals surface area contributed by atoms with E-state index in [1.54, 1.807) is 0 Å². The van der Waals surface area contributed by atoms with Crippen LogP contribution >= 0.6 is 11.6 Å². The molecule has 1 spiro atoms. The Kier molecular flexibility index (Phi) is 3.25. The molecule has 0 amide bonds. The zero-order valence-electron chi connectivity index (χ0n) is 10.8. The maximum absolute atomic E-state index is 6.31. The van der Waals surface area contributed by atoms with E-state index in [0.717, 1.165) is 23.7 Å². The molecule has 1 fully saturated rings. The maximum atomic E-state index is 6.31. The topological polar surface area (TPSA) is 21.3 Å². The first-order valence-corrected chi connectivity index (χ1v) is 7.32. The van der Waals surface area contributed by atoms with E-state index in [2.05, 4.69) is 12.2 Å². The second kappa shape index (κ2) is 4.75. The SMILES string of the molecule is CCNC1CC2(CCCC2)Oc2ccc(Cl)cc21. The summed E-state index contributed by atoms with van der Waals surface area (Å²) in [6, 6.07) is 6.39. The molecule has 1 heterocycles. The summed E-state index contributed by atoms with van der Waals surface area (Å²) in [4.78, 5) is 0. The molecule has 1 aliphatic carbocycles. The van der Waals surface area contributed by atoms with Crippen LogP contribution in [-0.2, 0) is 0 Å². The highest BCUT2D eigenvalue weighted by Gasteiger charge is 2.42. The van der Waals surface area contributed by atoms with E-state index < -0.39 is 0 Å². The summed E-state index contributed by atoms with van der Waals surface area (Å²) in [6.45, 7) is 3.13. The Balaban J connectivity index is 1.97. The predicted molar refractivity (Wildman–Crippen MR) is 74.3 cm³/mol. The molecule has 18 heavy (non-hydrogen) atoms. The highest BCUT2D eigenvalue weighted by molar-refractivity contribution is 6.30. The van der Waals surface area contributed by atoms with Gasteiger partial charge in [-0.05, 0) is 50.4 Å². The van der Waals surface area contributed by atoms with Gasteiger partial charge in [-0.2, -0.15) is 0 Å². The van der Waals surface area contributed by atoms with Crippen molar-refractivity contribution in [2.75, 3.05) is 6.54 Å². The van der Waals surface area contributed by atoms with E-state index in [0.29, 0.717) is 6.04 Å². The van der Waals surface area contributed by atoms with E-state index in [9.17, 15) is 0 Å². The molecule has 1 unspecified atom stereocenters. The minimum atomic E-state index is 0.0770. The summed E-state index contributed by atoms with van der Waals surface area (Å²) in [5.74, 6) is 1.03. The summed E-state index contributed by atoms with van der Waals surface area (Å²) in [5.41, 5.74) is 1.30. The van der Waals surface area contributed by atoms with E-state index in [1.165, 1.54) is 31.2 Å².